The number of hydrogen-bond acceptors (Lipinski definition) is 5. The number of imide groups is 1. The minimum Gasteiger partial charge on any atom is -0.308 e. The SMILES string of the molecule is CCCn1c(S[C@@H](C)C(=O)NC(=O)Nc2ccccc2)n[nH]c1=O. The van der Waals surface area contributed by atoms with Crippen molar-refractivity contribution in [3.8, 4) is 0 Å². The van der Waals surface area contributed by atoms with Crippen molar-refractivity contribution in [2.75, 3.05) is 5.32 Å². The summed E-state index contributed by atoms with van der Waals surface area (Å²) in [6.45, 7) is 4.10. The van der Waals surface area contributed by atoms with Crippen molar-refractivity contribution in [3.05, 3.63) is 40.8 Å². The number of aromatic amines is 1. The van der Waals surface area contributed by atoms with Crippen LogP contribution >= 0.6 is 11.8 Å². The Kier molecular flexibility index (Phi) is 6.19. The van der Waals surface area contributed by atoms with E-state index in [1.807, 2.05) is 13.0 Å². The lowest BCUT2D eigenvalue weighted by Gasteiger charge is -2.11. The number of hydrogen-bond donors (Lipinski definition) is 3. The van der Waals surface area contributed by atoms with E-state index >= 15 is 0 Å². The van der Waals surface area contributed by atoms with Crippen LogP contribution in [0.1, 0.15) is 20.3 Å². The highest BCUT2D eigenvalue weighted by molar-refractivity contribution is 8.00. The fourth-order valence-corrected chi connectivity index (χ4v) is 2.80. The highest BCUT2D eigenvalue weighted by Gasteiger charge is 2.20. The number of H-pyrrole nitrogens is 1. The van der Waals surface area contributed by atoms with Crippen LogP contribution in [0.5, 0.6) is 0 Å². The van der Waals surface area contributed by atoms with E-state index in [4.69, 9.17) is 0 Å². The quantitative estimate of drug-likeness (QED) is 0.689. The zero-order valence-electron chi connectivity index (χ0n) is 13.4. The first-order chi connectivity index (χ1) is 11.5. The summed E-state index contributed by atoms with van der Waals surface area (Å²) >= 11 is 1.12. The number of nitrogens with one attached hydrogen (secondary N) is 3. The lowest BCUT2D eigenvalue weighted by atomic mass is 10.3. The van der Waals surface area contributed by atoms with Crippen LogP contribution in [-0.4, -0.2) is 32.0 Å². The number of anilines is 1. The Balaban J connectivity index is 1.92. The second-order valence-corrected chi connectivity index (χ2v) is 6.34. The Bertz CT molecular complexity index is 756. The van der Waals surface area contributed by atoms with Gasteiger partial charge < -0.3 is 5.32 Å². The third-order valence-electron chi connectivity index (χ3n) is 3.09. The zero-order chi connectivity index (χ0) is 17.5. The minimum atomic E-state index is -0.605. The first-order valence-electron chi connectivity index (χ1n) is 7.50. The van der Waals surface area contributed by atoms with Gasteiger partial charge in [0, 0.05) is 12.2 Å². The highest BCUT2D eigenvalue weighted by atomic mass is 32.2. The van der Waals surface area contributed by atoms with Crippen LogP contribution in [0.2, 0.25) is 0 Å². The van der Waals surface area contributed by atoms with Crippen molar-refractivity contribution in [2.45, 2.75) is 37.2 Å². The smallest absolute Gasteiger partial charge is 0.308 e. The Hall–Kier alpha value is -2.55. The number of thioether (sulfide) groups is 1. The number of carbonyl (C=O) groups excluding carboxylic acids is 2. The Labute approximate surface area is 143 Å². The van der Waals surface area contributed by atoms with Gasteiger partial charge in [0.15, 0.2) is 5.16 Å². The van der Waals surface area contributed by atoms with Crippen molar-refractivity contribution < 1.29 is 9.59 Å². The average Bonchev–Trinajstić information content (AvgIpc) is 2.89. The van der Waals surface area contributed by atoms with E-state index < -0.39 is 17.2 Å². The third kappa shape index (κ3) is 4.72. The van der Waals surface area contributed by atoms with E-state index in [1.165, 1.54) is 4.57 Å². The molecule has 0 spiro atoms. The van der Waals surface area contributed by atoms with Gasteiger partial charge in [0.25, 0.3) is 0 Å². The molecule has 9 heteroatoms. The van der Waals surface area contributed by atoms with Gasteiger partial charge in [0.1, 0.15) is 0 Å². The van der Waals surface area contributed by atoms with E-state index in [9.17, 15) is 14.4 Å². The van der Waals surface area contributed by atoms with Crippen LogP contribution in [0.25, 0.3) is 0 Å². The fraction of sp³-hybridized carbons (Fsp3) is 0.333. The van der Waals surface area contributed by atoms with Gasteiger partial charge in [-0.1, -0.05) is 36.9 Å². The number of para-hydroxylation sites is 1. The van der Waals surface area contributed by atoms with Crippen LogP contribution in [0, 0.1) is 0 Å². The van der Waals surface area contributed by atoms with Gasteiger partial charge in [0.05, 0.1) is 5.25 Å². The molecule has 0 aliphatic carbocycles. The number of rotatable bonds is 6. The molecule has 128 valence electrons. The average molecular weight is 349 g/mol. The molecule has 1 aromatic heterocycles. The van der Waals surface area contributed by atoms with Gasteiger partial charge in [-0.2, -0.15) is 0 Å². The molecule has 2 aromatic rings. The molecule has 1 atom stereocenters. The Morgan fingerprint density at radius 2 is 2.04 bits per heavy atom. The molecule has 0 unspecified atom stereocenters. The van der Waals surface area contributed by atoms with Crippen LogP contribution < -0.4 is 16.3 Å². The van der Waals surface area contributed by atoms with Crippen LogP contribution in [0.4, 0.5) is 10.5 Å². The van der Waals surface area contributed by atoms with Gasteiger partial charge in [-0.25, -0.2) is 14.7 Å². The number of amides is 3. The summed E-state index contributed by atoms with van der Waals surface area (Å²) in [6.07, 6.45) is 0.771. The molecule has 3 amide bonds. The van der Waals surface area contributed by atoms with E-state index in [0.29, 0.717) is 17.4 Å². The standard InChI is InChI=1S/C15H19N5O3S/c1-3-9-20-14(23)18-19-15(20)24-10(2)12(21)17-13(22)16-11-7-5-4-6-8-11/h4-8,10H,3,9H2,1-2H3,(H,18,23)(H2,16,17,21,22)/t10-/m0/s1. The molecule has 8 nitrogen and oxygen atoms in total. The maximum absolute atomic E-state index is 12.1. The van der Waals surface area contributed by atoms with Gasteiger partial charge in [-0.05, 0) is 25.5 Å². The monoisotopic (exact) mass is 349 g/mol. The Morgan fingerprint density at radius 3 is 2.71 bits per heavy atom. The summed E-state index contributed by atoms with van der Waals surface area (Å²) in [4.78, 5) is 35.6. The number of nitrogens with zero attached hydrogens (tertiary/aromatic N) is 2. The molecule has 0 saturated carbocycles. The van der Waals surface area contributed by atoms with Crippen LogP contribution in [0.3, 0.4) is 0 Å². The van der Waals surface area contributed by atoms with E-state index in [1.54, 1.807) is 31.2 Å². The molecular weight excluding hydrogens is 330 g/mol. The molecule has 0 saturated heterocycles. The minimum absolute atomic E-state index is 0.311. The molecule has 0 fully saturated rings. The molecule has 1 aromatic carbocycles. The summed E-state index contributed by atoms with van der Waals surface area (Å²) in [6, 6.07) is 8.21. The van der Waals surface area contributed by atoms with Gasteiger partial charge in [-0.3, -0.25) is 14.7 Å². The van der Waals surface area contributed by atoms with Crippen molar-refractivity contribution in [2.24, 2.45) is 0 Å². The van der Waals surface area contributed by atoms with Crippen molar-refractivity contribution in [1.82, 2.24) is 20.1 Å². The summed E-state index contributed by atoms with van der Waals surface area (Å²) in [5.41, 5.74) is 0.279. The van der Waals surface area contributed by atoms with Gasteiger partial charge in [-0.15, -0.1) is 5.10 Å². The first kappa shape index (κ1) is 17.8. The second kappa shape index (κ2) is 8.34. The van der Waals surface area contributed by atoms with Gasteiger partial charge in [0.2, 0.25) is 5.91 Å². The lowest BCUT2D eigenvalue weighted by Crippen LogP contribution is -2.39. The second-order valence-electron chi connectivity index (χ2n) is 5.03. The lowest BCUT2D eigenvalue weighted by molar-refractivity contribution is -0.119. The fourth-order valence-electron chi connectivity index (χ4n) is 1.92. The summed E-state index contributed by atoms with van der Waals surface area (Å²) in [5, 5.41) is 11.0. The van der Waals surface area contributed by atoms with Crippen LogP contribution in [0.15, 0.2) is 40.3 Å². The van der Waals surface area contributed by atoms with E-state index in [0.717, 1.165) is 18.2 Å². The number of benzene rings is 1. The summed E-state index contributed by atoms with van der Waals surface area (Å²) in [5.74, 6) is -0.466. The number of urea groups is 1. The molecular formula is C15H19N5O3S. The molecule has 3 N–H and O–H groups in total. The van der Waals surface area contributed by atoms with Crippen molar-refractivity contribution in [1.29, 1.82) is 0 Å². The van der Waals surface area contributed by atoms with Crippen LogP contribution in [-0.2, 0) is 11.3 Å². The predicted octanol–water partition coefficient (Wildman–Crippen LogP) is 1.81. The molecule has 24 heavy (non-hydrogen) atoms. The summed E-state index contributed by atoms with van der Waals surface area (Å²) in [7, 11) is 0. The molecule has 1 heterocycles. The normalized spacial score (nSPS) is 11.8. The van der Waals surface area contributed by atoms with Crippen molar-refractivity contribution in [3.63, 3.8) is 0 Å². The molecule has 2 rings (SSSR count). The topological polar surface area (TPSA) is 109 Å². The summed E-state index contributed by atoms with van der Waals surface area (Å²) < 4.78 is 1.47. The number of carbonyl (C=O) groups is 2. The van der Waals surface area contributed by atoms with E-state index in [2.05, 4.69) is 20.8 Å². The molecule has 0 radical (unpaired) electrons. The largest absolute Gasteiger partial charge is 0.343 e. The molecule has 0 aliphatic heterocycles. The maximum Gasteiger partial charge on any atom is 0.343 e. The molecule has 0 aliphatic rings. The van der Waals surface area contributed by atoms with Crippen molar-refractivity contribution >= 4 is 29.4 Å². The Morgan fingerprint density at radius 1 is 1.33 bits per heavy atom. The van der Waals surface area contributed by atoms with Gasteiger partial charge >= 0.3 is 11.7 Å². The maximum atomic E-state index is 12.1. The van der Waals surface area contributed by atoms with E-state index in [-0.39, 0.29) is 5.69 Å². The zero-order valence-corrected chi connectivity index (χ0v) is 14.2. The number of aromatic nitrogens is 3. The highest BCUT2D eigenvalue weighted by Crippen LogP contribution is 2.20. The predicted molar refractivity (Wildman–Crippen MR) is 92.1 cm³/mol. The third-order valence-corrected chi connectivity index (χ3v) is 4.18. The molecule has 0 bridgehead atoms. The first-order valence-corrected chi connectivity index (χ1v) is 8.38.